The number of amides is 2. The molecule has 0 aromatic heterocycles. The summed E-state index contributed by atoms with van der Waals surface area (Å²) in [5.41, 5.74) is 0.273. The quantitative estimate of drug-likeness (QED) is 0.586. The summed E-state index contributed by atoms with van der Waals surface area (Å²) in [4.78, 5) is 20.9. The lowest BCUT2D eigenvalue weighted by Crippen LogP contribution is -2.23. The van der Waals surface area contributed by atoms with Gasteiger partial charge in [0.25, 0.3) is 5.69 Å². The van der Waals surface area contributed by atoms with Crippen molar-refractivity contribution in [3.8, 4) is 0 Å². The lowest BCUT2D eigenvalue weighted by Gasteiger charge is -2.03. The second-order valence-electron chi connectivity index (χ2n) is 2.61. The third-order valence-electron chi connectivity index (χ3n) is 1.55. The molecular formula is C9H9N3O3. The number of anilines is 1. The van der Waals surface area contributed by atoms with Gasteiger partial charge in [-0.05, 0) is 12.3 Å². The Balaban J connectivity index is 2.77. The molecule has 2 amide bonds. The highest BCUT2D eigenvalue weighted by Crippen LogP contribution is 2.16. The summed E-state index contributed by atoms with van der Waals surface area (Å²) in [5.74, 6) is 0. The number of non-ortho nitro benzene ring substituents is 1. The third-order valence-corrected chi connectivity index (χ3v) is 1.55. The molecule has 1 aromatic carbocycles. The highest BCUT2D eigenvalue weighted by molar-refractivity contribution is 5.90. The van der Waals surface area contributed by atoms with E-state index in [0.717, 1.165) is 0 Å². The molecule has 0 spiro atoms. The van der Waals surface area contributed by atoms with Crippen LogP contribution in [0, 0.1) is 10.1 Å². The number of hydrogen-bond acceptors (Lipinski definition) is 3. The standard InChI is InChI=1S/C9H9N3O3/c1-2-10-9(13)11-7-4-3-5-8(6-7)12(14)15/h2-6H,1H2,(H2,10,11,13). The smallest absolute Gasteiger partial charge is 0.315 e. The van der Waals surface area contributed by atoms with Crippen molar-refractivity contribution in [2.45, 2.75) is 0 Å². The van der Waals surface area contributed by atoms with Crippen LogP contribution in [0.3, 0.4) is 0 Å². The van der Waals surface area contributed by atoms with Crippen molar-refractivity contribution >= 4 is 17.4 Å². The molecule has 0 unspecified atom stereocenters. The number of rotatable bonds is 3. The van der Waals surface area contributed by atoms with Crippen LogP contribution >= 0.6 is 0 Å². The molecule has 0 aliphatic heterocycles. The van der Waals surface area contributed by atoms with Crippen molar-refractivity contribution in [1.29, 1.82) is 0 Å². The first-order chi connectivity index (χ1) is 7.13. The van der Waals surface area contributed by atoms with Crippen LogP contribution in [0.15, 0.2) is 37.0 Å². The molecule has 78 valence electrons. The highest BCUT2D eigenvalue weighted by Gasteiger charge is 2.06. The maximum Gasteiger partial charge on any atom is 0.323 e. The molecule has 6 nitrogen and oxygen atoms in total. The van der Waals surface area contributed by atoms with Gasteiger partial charge < -0.3 is 10.6 Å². The fourth-order valence-corrected chi connectivity index (χ4v) is 0.957. The summed E-state index contributed by atoms with van der Waals surface area (Å²) in [6, 6.07) is 5.15. The summed E-state index contributed by atoms with van der Waals surface area (Å²) >= 11 is 0. The average Bonchev–Trinajstić information content (AvgIpc) is 2.18. The number of nitrogens with zero attached hydrogens (tertiary/aromatic N) is 1. The Morgan fingerprint density at radius 2 is 2.27 bits per heavy atom. The van der Waals surface area contributed by atoms with E-state index < -0.39 is 11.0 Å². The molecule has 0 bridgehead atoms. The van der Waals surface area contributed by atoms with Gasteiger partial charge in [-0.1, -0.05) is 12.6 Å². The van der Waals surface area contributed by atoms with Crippen molar-refractivity contribution in [1.82, 2.24) is 5.32 Å². The maximum absolute atomic E-state index is 11.0. The van der Waals surface area contributed by atoms with E-state index >= 15 is 0 Å². The summed E-state index contributed by atoms with van der Waals surface area (Å²) in [6.07, 6.45) is 1.21. The van der Waals surface area contributed by atoms with Gasteiger partial charge in [-0.3, -0.25) is 10.1 Å². The monoisotopic (exact) mass is 207 g/mol. The zero-order chi connectivity index (χ0) is 11.3. The molecule has 0 saturated heterocycles. The minimum absolute atomic E-state index is 0.0774. The topological polar surface area (TPSA) is 84.3 Å². The first kappa shape index (κ1) is 10.7. The number of carbonyl (C=O) groups excluding carboxylic acids is 1. The first-order valence-corrected chi connectivity index (χ1v) is 4.06. The molecule has 0 fully saturated rings. The number of urea groups is 1. The molecule has 0 atom stereocenters. The van der Waals surface area contributed by atoms with E-state index in [9.17, 15) is 14.9 Å². The molecular weight excluding hydrogens is 198 g/mol. The Morgan fingerprint density at radius 1 is 1.53 bits per heavy atom. The Morgan fingerprint density at radius 3 is 2.87 bits per heavy atom. The van der Waals surface area contributed by atoms with E-state index in [-0.39, 0.29) is 5.69 Å². The van der Waals surface area contributed by atoms with E-state index in [4.69, 9.17) is 0 Å². The Kier molecular flexibility index (Phi) is 3.39. The van der Waals surface area contributed by atoms with Gasteiger partial charge in [0.05, 0.1) is 4.92 Å². The minimum Gasteiger partial charge on any atom is -0.315 e. The third kappa shape index (κ3) is 3.11. The first-order valence-electron chi connectivity index (χ1n) is 4.06. The van der Waals surface area contributed by atoms with Crippen LogP contribution < -0.4 is 10.6 Å². The molecule has 0 heterocycles. The van der Waals surface area contributed by atoms with Gasteiger partial charge in [-0.2, -0.15) is 0 Å². The zero-order valence-corrected chi connectivity index (χ0v) is 7.77. The van der Waals surface area contributed by atoms with E-state index in [1.54, 1.807) is 6.07 Å². The molecule has 0 aliphatic carbocycles. The molecule has 0 saturated carbocycles. The van der Waals surface area contributed by atoms with Crippen LogP contribution in [0.2, 0.25) is 0 Å². The minimum atomic E-state index is -0.531. The van der Waals surface area contributed by atoms with Crippen molar-refractivity contribution in [2.24, 2.45) is 0 Å². The van der Waals surface area contributed by atoms with Gasteiger partial charge in [0.2, 0.25) is 0 Å². The second kappa shape index (κ2) is 4.75. The number of nitro benzene ring substituents is 1. The highest BCUT2D eigenvalue weighted by atomic mass is 16.6. The number of hydrogen-bond donors (Lipinski definition) is 2. The SMILES string of the molecule is C=CNC(=O)Nc1cccc([N+](=O)[O-])c1. The number of benzene rings is 1. The van der Waals surface area contributed by atoms with Gasteiger partial charge in [-0.15, -0.1) is 0 Å². The molecule has 0 aliphatic rings. The maximum atomic E-state index is 11.0. The van der Waals surface area contributed by atoms with Crippen LogP contribution in [0.1, 0.15) is 0 Å². The fourth-order valence-electron chi connectivity index (χ4n) is 0.957. The van der Waals surface area contributed by atoms with Gasteiger partial charge in [0, 0.05) is 17.8 Å². The van der Waals surface area contributed by atoms with Crippen LogP contribution in [0.25, 0.3) is 0 Å². The van der Waals surface area contributed by atoms with Gasteiger partial charge in [0.15, 0.2) is 0 Å². The fraction of sp³-hybridized carbons (Fsp3) is 0. The van der Waals surface area contributed by atoms with Gasteiger partial charge >= 0.3 is 6.03 Å². The number of carbonyl (C=O) groups is 1. The van der Waals surface area contributed by atoms with Crippen molar-refractivity contribution in [3.05, 3.63) is 47.2 Å². The van der Waals surface area contributed by atoms with Crippen LogP contribution in [-0.4, -0.2) is 11.0 Å². The predicted molar refractivity (Wildman–Crippen MR) is 55.4 cm³/mol. The Hall–Kier alpha value is -2.37. The Labute approximate surface area is 85.8 Å². The van der Waals surface area contributed by atoms with Gasteiger partial charge in [-0.25, -0.2) is 4.79 Å². The summed E-state index contributed by atoms with van der Waals surface area (Å²) in [5, 5.41) is 15.1. The van der Waals surface area contributed by atoms with E-state index in [1.807, 2.05) is 0 Å². The normalized spacial score (nSPS) is 9.07. The largest absolute Gasteiger partial charge is 0.323 e. The second-order valence-corrected chi connectivity index (χ2v) is 2.61. The molecule has 1 aromatic rings. The lowest BCUT2D eigenvalue weighted by molar-refractivity contribution is -0.384. The Bertz CT molecular complexity index is 403. The van der Waals surface area contributed by atoms with E-state index in [1.165, 1.54) is 24.4 Å². The van der Waals surface area contributed by atoms with Crippen LogP contribution in [0.4, 0.5) is 16.2 Å². The molecule has 1 rings (SSSR count). The van der Waals surface area contributed by atoms with Gasteiger partial charge in [0.1, 0.15) is 0 Å². The molecule has 0 radical (unpaired) electrons. The molecule has 6 heteroatoms. The van der Waals surface area contributed by atoms with Crippen LogP contribution in [0.5, 0.6) is 0 Å². The lowest BCUT2D eigenvalue weighted by atomic mass is 10.3. The molecule has 15 heavy (non-hydrogen) atoms. The van der Waals surface area contributed by atoms with Crippen LogP contribution in [-0.2, 0) is 0 Å². The van der Waals surface area contributed by atoms with Crippen molar-refractivity contribution in [3.63, 3.8) is 0 Å². The summed E-state index contributed by atoms with van der Waals surface area (Å²) in [7, 11) is 0. The van der Waals surface area contributed by atoms with E-state index in [0.29, 0.717) is 5.69 Å². The van der Waals surface area contributed by atoms with E-state index in [2.05, 4.69) is 17.2 Å². The predicted octanol–water partition coefficient (Wildman–Crippen LogP) is 1.86. The zero-order valence-electron chi connectivity index (χ0n) is 7.77. The summed E-state index contributed by atoms with van der Waals surface area (Å²) < 4.78 is 0. The number of nitro groups is 1. The average molecular weight is 207 g/mol. The number of nitrogens with one attached hydrogen (secondary N) is 2. The summed E-state index contributed by atoms with van der Waals surface area (Å²) in [6.45, 7) is 3.31. The molecule has 2 N–H and O–H groups in total. The van der Waals surface area contributed by atoms with Crippen molar-refractivity contribution < 1.29 is 9.72 Å². The van der Waals surface area contributed by atoms with Crippen molar-refractivity contribution in [2.75, 3.05) is 5.32 Å².